The van der Waals surface area contributed by atoms with Crippen LogP contribution in [0.2, 0.25) is 0 Å². The number of rotatable bonds is 7. The van der Waals surface area contributed by atoms with Crippen LogP contribution in [-0.2, 0) is 4.79 Å². The third-order valence-electron chi connectivity index (χ3n) is 7.20. The van der Waals surface area contributed by atoms with E-state index in [0.717, 1.165) is 49.7 Å². The van der Waals surface area contributed by atoms with Gasteiger partial charge in [-0.15, -0.1) is 0 Å². The van der Waals surface area contributed by atoms with Crippen molar-refractivity contribution in [2.75, 3.05) is 0 Å². The molecule has 2 saturated carbocycles. The third-order valence-corrected chi connectivity index (χ3v) is 7.20. The predicted molar refractivity (Wildman–Crippen MR) is 112 cm³/mol. The van der Waals surface area contributed by atoms with E-state index in [2.05, 4.69) is 6.92 Å². The SMILES string of the molecule is CCC[C@H]1CC[C@H](CC[C@H]2CC[C@H](C(=O)Oc3ccc(C#N)c(F)c3F)CC2)CC1. The fourth-order valence-corrected chi connectivity index (χ4v) is 5.26. The first-order valence-electron chi connectivity index (χ1n) is 11.6. The normalized spacial score (nSPS) is 26.7. The highest BCUT2D eigenvalue weighted by Gasteiger charge is 2.29. The fourth-order valence-electron chi connectivity index (χ4n) is 5.26. The number of carbonyl (C=O) groups is 1. The van der Waals surface area contributed by atoms with Crippen LogP contribution in [0.3, 0.4) is 0 Å². The quantitative estimate of drug-likeness (QED) is 0.357. The second kappa shape index (κ2) is 10.9. The van der Waals surface area contributed by atoms with Gasteiger partial charge in [-0.3, -0.25) is 4.79 Å². The fraction of sp³-hybridized carbons (Fsp3) is 0.680. The van der Waals surface area contributed by atoms with Gasteiger partial charge in [-0.2, -0.15) is 9.65 Å². The van der Waals surface area contributed by atoms with E-state index < -0.39 is 28.9 Å². The molecule has 5 heteroatoms. The molecule has 0 aliphatic heterocycles. The Labute approximate surface area is 178 Å². The number of carbonyl (C=O) groups excluding carboxylic acids is 1. The van der Waals surface area contributed by atoms with Gasteiger partial charge in [0.15, 0.2) is 11.6 Å². The molecule has 164 valence electrons. The largest absolute Gasteiger partial charge is 0.423 e. The van der Waals surface area contributed by atoms with E-state index in [1.54, 1.807) is 6.07 Å². The van der Waals surface area contributed by atoms with Crippen LogP contribution < -0.4 is 4.74 Å². The average Bonchev–Trinajstić information content (AvgIpc) is 2.77. The van der Waals surface area contributed by atoms with Crippen molar-refractivity contribution in [3.8, 4) is 11.8 Å². The van der Waals surface area contributed by atoms with Gasteiger partial charge in [-0.05, 0) is 55.6 Å². The zero-order valence-electron chi connectivity index (χ0n) is 18.0. The zero-order valence-corrected chi connectivity index (χ0v) is 18.0. The molecule has 2 aliphatic carbocycles. The smallest absolute Gasteiger partial charge is 0.314 e. The molecule has 0 amide bonds. The summed E-state index contributed by atoms with van der Waals surface area (Å²) in [5.41, 5.74) is -0.397. The molecule has 0 aromatic heterocycles. The van der Waals surface area contributed by atoms with Crippen molar-refractivity contribution >= 4 is 5.97 Å². The first kappa shape index (κ1) is 22.7. The minimum atomic E-state index is -1.27. The highest BCUT2D eigenvalue weighted by Crippen LogP contribution is 2.38. The number of hydrogen-bond donors (Lipinski definition) is 0. The van der Waals surface area contributed by atoms with Crippen LogP contribution >= 0.6 is 0 Å². The standard InChI is InChI=1S/C25H33F2NO2/c1-2-3-17-4-6-18(7-5-17)8-9-19-10-12-20(13-11-19)25(29)30-22-15-14-21(16-28)23(26)24(22)27/h14-15,17-20H,2-13H2,1H3/t17-,18-,19-,20-. The summed E-state index contributed by atoms with van der Waals surface area (Å²) in [6.45, 7) is 2.28. The van der Waals surface area contributed by atoms with Crippen molar-refractivity contribution < 1.29 is 18.3 Å². The predicted octanol–water partition coefficient (Wildman–Crippen LogP) is 6.93. The number of nitriles is 1. The highest BCUT2D eigenvalue weighted by molar-refractivity contribution is 5.75. The van der Waals surface area contributed by atoms with Gasteiger partial charge in [0.25, 0.3) is 0 Å². The lowest BCUT2D eigenvalue weighted by molar-refractivity contribution is -0.140. The van der Waals surface area contributed by atoms with Gasteiger partial charge >= 0.3 is 5.97 Å². The van der Waals surface area contributed by atoms with Crippen molar-refractivity contribution in [1.82, 2.24) is 0 Å². The van der Waals surface area contributed by atoms with Gasteiger partial charge < -0.3 is 4.74 Å². The number of benzene rings is 1. The van der Waals surface area contributed by atoms with Gasteiger partial charge in [0.2, 0.25) is 5.82 Å². The lowest BCUT2D eigenvalue weighted by atomic mass is 9.75. The van der Waals surface area contributed by atoms with E-state index in [-0.39, 0.29) is 5.92 Å². The number of halogens is 2. The van der Waals surface area contributed by atoms with Crippen molar-refractivity contribution in [2.24, 2.45) is 23.7 Å². The van der Waals surface area contributed by atoms with Crippen molar-refractivity contribution in [3.63, 3.8) is 0 Å². The minimum absolute atomic E-state index is 0.260. The number of nitrogens with zero attached hydrogens (tertiary/aromatic N) is 1. The molecule has 3 nitrogen and oxygen atoms in total. The molecule has 2 aliphatic rings. The summed E-state index contributed by atoms with van der Waals surface area (Å²) in [6.07, 6.45) is 14.2. The average molecular weight is 418 g/mol. The summed E-state index contributed by atoms with van der Waals surface area (Å²) in [6, 6.07) is 3.85. The molecule has 0 unspecified atom stereocenters. The Morgan fingerprint density at radius 3 is 2.00 bits per heavy atom. The molecule has 3 rings (SSSR count). The van der Waals surface area contributed by atoms with E-state index in [4.69, 9.17) is 10.00 Å². The Balaban J connectivity index is 1.40. The van der Waals surface area contributed by atoms with Gasteiger partial charge in [0, 0.05) is 0 Å². The summed E-state index contributed by atoms with van der Waals surface area (Å²) in [5.74, 6) is -1.25. The molecule has 0 spiro atoms. The monoisotopic (exact) mass is 417 g/mol. The van der Waals surface area contributed by atoms with E-state index >= 15 is 0 Å². The Bertz CT molecular complexity index is 757. The Kier molecular flexibility index (Phi) is 8.24. The molecule has 0 radical (unpaired) electrons. The van der Waals surface area contributed by atoms with Crippen molar-refractivity contribution in [3.05, 3.63) is 29.3 Å². The molecular formula is C25H33F2NO2. The van der Waals surface area contributed by atoms with Crippen LogP contribution in [0, 0.1) is 46.6 Å². The van der Waals surface area contributed by atoms with Crippen molar-refractivity contribution in [2.45, 2.75) is 84.0 Å². The summed E-state index contributed by atoms with van der Waals surface area (Å²) in [7, 11) is 0. The topological polar surface area (TPSA) is 50.1 Å². The number of esters is 1. The highest BCUT2D eigenvalue weighted by atomic mass is 19.2. The van der Waals surface area contributed by atoms with E-state index in [1.807, 2.05) is 0 Å². The Morgan fingerprint density at radius 1 is 0.933 bits per heavy atom. The molecule has 0 atom stereocenters. The van der Waals surface area contributed by atoms with E-state index in [9.17, 15) is 13.6 Å². The summed E-state index contributed by atoms with van der Waals surface area (Å²) in [5, 5.41) is 8.74. The Morgan fingerprint density at radius 2 is 1.47 bits per heavy atom. The van der Waals surface area contributed by atoms with Crippen LogP contribution in [0.5, 0.6) is 5.75 Å². The zero-order chi connectivity index (χ0) is 21.5. The maximum atomic E-state index is 14.0. The van der Waals surface area contributed by atoms with Gasteiger partial charge in [0.1, 0.15) is 6.07 Å². The molecule has 0 N–H and O–H groups in total. The molecule has 0 bridgehead atoms. The molecule has 1 aromatic rings. The second-order valence-corrected chi connectivity index (χ2v) is 9.24. The van der Waals surface area contributed by atoms with Crippen LogP contribution in [0.25, 0.3) is 0 Å². The molecule has 1 aromatic carbocycles. The minimum Gasteiger partial charge on any atom is -0.423 e. The number of ether oxygens (including phenoxy) is 1. The molecule has 30 heavy (non-hydrogen) atoms. The summed E-state index contributed by atoms with van der Waals surface area (Å²) in [4.78, 5) is 12.4. The van der Waals surface area contributed by atoms with E-state index in [1.165, 1.54) is 51.4 Å². The maximum absolute atomic E-state index is 14.0. The van der Waals surface area contributed by atoms with Gasteiger partial charge in [0.05, 0.1) is 11.5 Å². The molecule has 2 fully saturated rings. The van der Waals surface area contributed by atoms with E-state index in [0.29, 0.717) is 5.92 Å². The second-order valence-electron chi connectivity index (χ2n) is 9.24. The lowest BCUT2D eigenvalue weighted by Crippen LogP contribution is -2.26. The molecule has 0 saturated heterocycles. The first-order chi connectivity index (χ1) is 14.5. The molecule has 0 heterocycles. The summed E-state index contributed by atoms with van der Waals surface area (Å²) >= 11 is 0. The van der Waals surface area contributed by atoms with Crippen LogP contribution in [0.15, 0.2) is 12.1 Å². The Hall–Kier alpha value is -1.96. The number of hydrogen-bond acceptors (Lipinski definition) is 3. The maximum Gasteiger partial charge on any atom is 0.314 e. The van der Waals surface area contributed by atoms with Gasteiger partial charge in [-0.1, -0.05) is 58.3 Å². The van der Waals surface area contributed by atoms with Crippen LogP contribution in [0.4, 0.5) is 8.78 Å². The lowest BCUT2D eigenvalue weighted by Gasteiger charge is -2.31. The van der Waals surface area contributed by atoms with Crippen molar-refractivity contribution in [1.29, 1.82) is 5.26 Å². The third kappa shape index (κ3) is 5.80. The summed E-state index contributed by atoms with van der Waals surface area (Å²) < 4.78 is 32.8. The first-order valence-corrected chi connectivity index (χ1v) is 11.6. The van der Waals surface area contributed by atoms with Gasteiger partial charge in [-0.25, -0.2) is 4.39 Å². The molecular weight excluding hydrogens is 384 g/mol. The van der Waals surface area contributed by atoms with Crippen LogP contribution in [0.1, 0.15) is 89.5 Å². The van der Waals surface area contributed by atoms with Crippen LogP contribution in [-0.4, -0.2) is 5.97 Å².